The van der Waals surface area contributed by atoms with Crippen molar-refractivity contribution in [2.45, 2.75) is 52.4 Å². The molecule has 40 heavy (non-hydrogen) atoms. The molecule has 0 unspecified atom stereocenters. The average molecular weight is 782 g/mol. The summed E-state index contributed by atoms with van der Waals surface area (Å²) >= 11 is 1.45. The first-order valence-corrected chi connectivity index (χ1v) is 28.4. The normalized spacial score (nSPS) is 11.2. The zero-order valence-corrected chi connectivity index (χ0v) is 33.1. The van der Waals surface area contributed by atoms with E-state index in [2.05, 4.69) is 149 Å². The Hall–Kier alpha value is -1.28. The summed E-state index contributed by atoms with van der Waals surface area (Å²) in [4.78, 5) is 0. The molecule has 0 aliphatic heterocycles. The molecule has 0 aromatic heterocycles. The van der Waals surface area contributed by atoms with E-state index in [0.717, 1.165) is 0 Å². The second-order valence-electron chi connectivity index (χ2n) is 12.6. The van der Waals surface area contributed by atoms with Crippen molar-refractivity contribution in [3.8, 4) is 0 Å². The van der Waals surface area contributed by atoms with Crippen LogP contribution in [0, 0.1) is 0 Å². The van der Waals surface area contributed by atoms with Gasteiger partial charge in [-0.15, -0.1) is 56.2 Å². The van der Waals surface area contributed by atoms with Crippen LogP contribution in [0.2, 0.25) is 52.4 Å². The Morgan fingerprint density at radius 3 is 1.15 bits per heavy atom. The molecule has 0 bridgehead atoms. The van der Waals surface area contributed by atoms with Crippen LogP contribution in [0.25, 0.3) is 43.1 Å². The molecule has 0 amide bonds. The third kappa shape index (κ3) is 8.39. The summed E-state index contributed by atoms with van der Waals surface area (Å²) in [7, 11) is -2.41. The van der Waals surface area contributed by atoms with Gasteiger partial charge in [0.15, 0.2) is 0 Å². The van der Waals surface area contributed by atoms with E-state index in [1.807, 2.05) is 0 Å². The van der Waals surface area contributed by atoms with Crippen LogP contribution in [-0.2, 0) is 23.0 Å². The van der Waals surface area contributed by atoms with Crippen LogP contribution >= 0.6 is 0 Å². The summed E-state index contributed by atoms with van der Waals surface area (Å²) in [5.41, 5.74) is 0.259. The number of fused-ring (bicyclic) bond motifs is 6. The van der Waals surface area contributed by atoms with E-state index in [9.17, 15) is 0 Å². The zero-order valence-electron chi connectivity index (χ0n) is 25.0. The van der Waals surface area contributed by atoms with Gasteiger partial charge in [-0.05, 0) is 0 Å². The molecule has 0 fully saturated rings. The van der Waals surface area contributed by atoms with Gasteiger partial charge in [-0.1, -0.05) is 121 Å². The maximum absolute atomic E-state index is 2.41. The van der Waals surface area contributed by atoms with E-state index in [1.165, 1.54) is 66.1 Å². The van der Waals surface area contributed by atoms with Gasteiger partial charge in [-0.2, -0.15) is 12.1 Å². The Balaban J connectivity index is 0.000000237. The summed E-state index contributed by atoms with van der Waals surface area (Å²) in [5.74, 6) is 0. The Morgan fingerprint density at radius 2 is 0.825 bits per heavy atom. The Morgan fingerprint density at radius 1 is 0.525 bits per heavy atom. The predicted octanol–water partition coefficient (Wildman–Crippen LogP) is 3.31. The van der Waals surface area contributed by atoms with E-state index in [-0.39, 0.29) is 30.3 Å². The fraction of sp³-hybridized carbons (Fsp3) is 0.235. The number of rotatable bonds is 2. The average Bonchev–Trinajstić information content (AvgIpc) is 3.49. The first kappa shape index (κ1) is 34.9. The van der Waals surface area contributed by atoms with Crippen molar-refractivity contribution < 1.29 is 47.8 Å². The van der Waals surface area contributed by atoms with Crippen molar-refractivity contribution in [3.63, 3.8) is 0 Å². The van der Waals surface area contributed by atoms with Gasteiger partial charge >= 0.3 is 41.6 Å². The standard InChI is InChI=1S/2C16H17Si.C2H6Si.2ClH.Hf/c2*1-17(2,3)14-10-13-9-8-12-6-4-5-7-15(12)16(13)11-14;1-3-2;;;/h2*4-11H,1-3H3;1-2H3;2*1H;/q2*-1;;;;+2/p-2. The van der Waals surface area contributed by atoms with E-state index < -0.39 is 16.1 Å². The number of hydrogen-bond acceptors (Lipinski definition) is 0. The second kappa shape index (κ2) is 14.3. The molecule has 6 heteroatoms. The van der Waals surface area contributed by atoms with Gasteiger partial charge in [0.1, 0.15) is 0 Å². The molecule has 0 atom stereocenters. The Bertz CT molecular complexity index is 1610. The molecule has 0 spiro atoms. The molecule has 0 aliphatic rings. The van der Waals surface area contributed by atoms with Gasteiger partial charge in [-0.25, -0.2) is 0 Å². The van der Waals surface area contributed by atoms with Gasteiger partial charge in [0.05, 0.1) is 16.1 Å². The minimum Gasteiger partial charge on any atom is -1.00 e. The molecule has 0 saturated heterocycles. The van der Waals surface area contributed by atoms with Crippen LogP contribution in [0.3, 0.4) is 0 Å². The van der Waals surface area contributed by atoms with Crippen LogP contribution in [0.1, 0.15) is 0 Å². The van der Waals surface area contributed by atoms with E-state index in [1.54, 1.807) is 10.4 Å². The van der Waals surface area contributed by atoms with Crippen LogP contribution in [0.4, 0.5) is 0 Å². The fourth-order valence-electron chi connectivity index (χ4n) is 4.79. The van der Waals surface area contributed by atoms with E-state index in [4.69, 9.17) is 0 Å². The SMILES string of the molecule is C[Si](C)(C)c1cc2ccc3ccccc3c2[cH-]1.C[Si](C)(C)c1cc2ccc3ccccc3c2[cH-]1.C[Si](C)=[Hf+2].[Cl-].[Cl-]. The van der Waals surface area contributed by atoms with Gasteiger partial charge < -0.3 is 24.8 Å². The molecular formula is C34H40Cl2HfSi3-2. The molecular weight excluding hydrogens is 742 g/mol. The summed E-state index contributed by atoms with van der Waals surface area (Å²) < 4.78 is 0. The summed E-state index contributed by atoms with van der Waals surface area (Å²) in [6, 6.07) is 35.8. The molecule has 0 nitrogen and oxygen atoms in total. The first-order chi connectivity index (χ1) is 17.8. The molecule has 6 rings (SSSR count). The smallest absolute Gasteiger partial charge is 1.00 e. The third-order valence-electron chi connectivity index (χ3n) is 6.96. The molecule has 208 valence electrons. The molecule has 0 aliphatic carbocycles. The van der Waals surface area contributed by atoms with Crippen molar-refractivity contribution >= 4 is 75.1 Å². The predicted molar refractivity (Wildman–Crippen MR) is 178 cm³/mol. The molecule has 0 heterocycles. The number of benzene rings is 4. The topological polar surface area (TPSA) is 0 Å². The molecule has 6 aromatic carbocycles. The maximum Gasteiger partial charge on any atom is -1.00 e. The van der Waals surface area contributed by atoms with Crippen LogP contribution < -0.4 is 35.2 Å². The first-order valence-electron chi connectivity index (χ1n) is 13.5. The zero-order chi connectivity index (χ0) is 27.7. The minimum atomic E-state index is -1.20. The third-order valence-corrected chi connectivity index (χ3v) is 11.0. The van der Waals surface area contributed by atoms with Crippen molar-refractivity contribution in [1.29, 1.82) is 0 Å². The maximum atomic E-state index is 2.41. The summed E-state index contributed by atoms with van der Waals surface area (Å²) in [6.07, 6.45) is 0. The number of halogens is 2. The second-order valence-corrected chi connectivity index (χ2v) is 35.5. The molecule has 0 N–H and O–H groups in total. The van der Waals surface area contributed by atoms with Crippen LogP contribution in [0.15, 0.2) is 97.1 Å². The molecule has 6 aromatic rings. The van der Waals surface area contributed by atoms with Crippen molar-refractivity contribution in [2.24, 2.45) is 0 Å². The summed E-state index contributed by atoms with van der Waals surface area (Å²) in [6.45, 7) is 19.1. The van der Waals surface area contributed by atoms with E-state index in [0.29, 0.717) is 0 Å². The minimum absolute atomic E-state index is 0. The molecule has 0 radical (unpaired) electrons. The largest absolute Gasteiger partial charge is 1.00 e. The monoisotopic (exact) mass is 782 g/mol. The number of hydrogen-bond donors (Lipinski definition) is 0. The van der Waals surface area contributed by atoms with Crippen molar-refractivity contribution in [1.82, 2.24) is 0 Å². The van der Waals surface area contributed by atoms with Crippen LogP contribution in [-0.4, -0.2) is 21.6 Å². The van der Waals surface area contributed by atoms with Crippen molar-refractivity contribution in [2.75, 3.05) is 0 Å². The van der Waals surface area contributed by atoms with Gasteiger partial charge in [0.25, 0.3) is 0 Å². The quantitative estimate of drug-likeness (QED) is 0.187. The van der Waals surface area contributed by atoms with E-state index >= 15 is 0 Å². The van der Waals surface area contributed by atoms with Gasteiger partial charge in [-0.3, -0.25) is 0 Å². The van der Waals surface area contributed by atoms with Gasteiger partial charge in [0, 0.05) is 0 Å². The fourth-order valence-corrected chi connectivity index (χ4v) is 7.13. The Labute approximate surface area is 270 Å². The van der Waals surface area contributed by atoms with Crippen molar-refractivity contribution in [3.05, 3.63) is 97.1 Å². The molecule has 0 saturated carbocycles. The van der Waals surface area contributed by atoms with Crippen LogP contribution in [0.5, 0.6) is 0 Å². The van der Waals surface area contributed by atoms with Gasteiger partial charge in [0.2, 0.25) is 0 Å². The summed E-state index contributed by atoms with van der Waals surface area (Å²) in [5, 5.41) is 14.2. The Kier molecular flexibility index (Phi) is 12.4.